The smallest absolute Gasteiger partial charge is 0.325 e. The SMILES string of the molecule is Cc1sc(NC(=O)Nc2ccccc2)nc1-c1ccc(OCCN2CCOCC2)cc1. The Balaban J connectivity index is 1.31. The summed E-state index contributed by atoms with van der Waals surface area (Å²) in [6.07, 6.45) is 0. The minimum Gasteiger partial charge on any atom is -0.492 e. The van der Waals surface area contributed by atoms with Gasteiger partial charge in [-0.1, -0.05) is 18.2 Å². The maximum absolute atomic E-state index is 12.2. The highest BCUT2D eigenvalue weighted by molar-refractivity contribution is 7.16. The average Bonchev–Trinajstić information content (AvgIpc) is 3.15. The molecule has 1 fully saturated rings. The van der Waals surface area contributed by atoms with Crippen molar-refractivity contribution >= 4 is 28.2 Å². The molecule has 2 aromatic carbocycles. The van der Waals surface area contributed by atoms with Gasteiger partial charge in [-0.15, -0.1) is 11.3 Å². The summed E-state index contributed by atoms with van der Waals surface area (Å²) in [7, 11) is 0. The van der Waals surface area contributed by atoms with Crippen molar-refractivity contribution in [2.45, 2.75) is 6.92 Å². The van der Waals surface area contributed by atoms with E-state index in [1.165, 1.54) is 11.3 Å². The van der Waals surface area contributed by atoms with Crippen LogP contribution < -0.4 is 15.4 Å². The van der Waals surface area contributed by atoms with Crippen molar-refractivity contribution in [1.82, 2.24) is 9.88 Å². The molecular formula is C23H26N4O3S. The number of anilines is 2. The zero-order valence-electron chi connectivity index (χ0n) is 17.5. The van der Waals surface area contributed by atoms with E-state index in [-0.39, 0.29) is 6.03 Å². The number of aryl methyl sites for hydroxylation is 1. The average molecular weight is 439 g/mol. The van der Waals surface area contributed by atoms with E-state index in [1.54, 1.807) is 0 Å². The first kappa shape index (κ1) is 21.3. The minimum atomic E-state index is -0.310. The monoisotopic (exact) mass is 438 g/mol. The Morgan fingerprint density at radius 2 is 1.84 bits per heavy atom. The van der Waals surface area contributed by atoms with Crippen molar-refractivity contribution in [3.05, 3.63) is 59.5 Å². The molecule has 1 saturated heterocycles. The third-order valence-electron chi connectivity index (χ3n) is 4.96. The number of carbonyl (C=O) groups excluding carboxylic acids is 1. The van der Waals surface area contributed by atoms with Crippen LogP contribution in [-0.2, 0) is 4.74 Å². The lowest BCUT2D eigenvalue weighted by Gasteiger charge is -2.26. The number of hydrogen-bond donors (Lipinski definition) is 2. The fourth-order valence-corrected chi connectivity index (χ4v) is 4.16. The van der Waals surface area contributed by atoms with Gasteiger partial charge in [0, 0.05) is 35.8 Å². The Bertz CT molecular complexity index is 986. The number of nitrogens with zero attached hydrogens (tertiary/aromatic N) is 2. The molecule has 7 nitrogen and oxygen atoms in total. The molecule has 1 aliphatic heterocycles. The van der Waals surface area contributed by atoms with Crippen molar-refractivity contribution < 1.29 is 14.3 Å². The summed E-state index contributed by atoms with van der Waals surface area (Å²) in [5.74, 6) is 0.838. The number of urea groups is 1. The van der Waals surface area contributed by atoms with Crippen molar-refractivity contribution in [3.8, 4) is 17.0 Å². The standard InChI is InChI=1S/C23H26N4O3S/c1-17-21(25-23(31-17)26-22(28)24-19-5-3-2-4-6-19)18-7-9-20(10-8-18)30-16-13-27-11-14-29-15-12-27/h2-10H,11-16H2,1H3,(H2,24,25,26,28). The molecule has 0 bridgehead atoms. The molecule has 0 spiro atoms. The minimum absolute atomic E-state index is 0.310. The van der Waals surface area contributed by atoms with E-state index in [9.17, 15) is 4.79 Å². The number of hydrogen-bond acceptors (Lipinski definition) is 6. The lowest BCUT2D eigenvalue weighted by Crippen LogP contribution is -2.38. The molecule has 2 heterocycles. The van der Waals surface area contributed by atoms with Gasteiger partial charge >= 0.3 is 6.03 Å². The lowest BCUT2D eigenvalue weighted by atomic mass is 10.1. The van der Waals surface area contributed by atoms with Crippen LogP contribution in [-0.4, -0.2) is 55.4 Å². The fraction of sp³-hybridized carbons (Fsp3) is 0.304. The van der Waals surface area contributed by atoms with Crippen LogP contribution in [0.4, 0.5) is 15.6 Å². The highest BCUT2D eigenvalue weighted by Crippen LogP contribution is 2.31. The Morgan fingerprint density at radius 3 is 2.58 bits per heavy atom. The number of rotatable bonds is 7. The highest BCUT2D eigenvalue weighted by Gasteiger charge is 2.13. The highest BCUT2D eigenvalue weighted by atomic mass is 32.1. The molecule has 3 aromatic rings. The first-order chi connectivity index (χ1) is 15.2. The van der Waals surface area contributed by atoms with Crippen LogP contribution in [0, 0.1) is 6.92 Å². The number of carbonyl (C=O) groups is 1. The van der Waals surface area contributed by atoms with Crippen LogP contribution >= 0.6 is 11.3 Å². The molecular weight excluding hydrogens is 412 g/mol. The van der Waals surface area contributed by atoms with Gasteiger partial charge in [0.15, 0.2) is 5.13 Å². The Hall–Kier alpha value is -2.94. The third kappa shape index (κ3) is 6.04. The summed E-state index contributed by atoms with van der Waals surface area (Å²) in [5.41, 5.74) is 2.59. The summed E-state index contributed by atoms with van der Waals surface area (Å²) < 4.78 is 11.2. The topological polar surface area (TPSA) is 75.7 Å². The number of para-hydroxylation sites is 1. The molecule has 4 rings (SSSR count). The number of benzene rings is 2. The summed E-state index contributed by atoms with van der Waals surface area (Å²) >= 11 is 1.45. The largest absolute Gasteiger partial charge is 0.492 e. The van der Waals surface area contributed by atoms with Gasteiger partial charge in [-0.05, 0) is 43.3 Å². The van der Waals surface area contributed by atoms with Gasteiger partial charge in [0.1, 0.15) is 12.4 Å². The zero-order valence-corrected chi connectivity index (χ0v) is 18.3. The molecule has 8 heteroatoms. The van der Waals surface area contributed by atoms with E-state index >= 15 is 0 Å². The van der Waals surface area contributed by atoms with E-state index in [0.29, 0.717) is 11.7 Å². The molecule has 0 aliphatic carbocycles. The van der Waals surface area contributed by atoms with Crippen LogP contribution in [0.5, 0.6) is 5.75 Å². The second-order valence-corrected chi connectivity index (χ2v) is 8.40. The molecule has 0 saturated carbocycles. The van der Waals surface area contributed by atoms with Gasteiger partial charge in [0.05, 0.1) is 18.9 Å². The number of nitrogens with one attached hydrogen (secondary N) is 2. The number of thiazole rings is 1. The van der Waals surface area contributed by atoms with Crippen molar-refractivity contribution in [3.63, 3.8) is 0 Å². The van der Waals surface area contributed by atoms with Crippen molar-refractivity contribution in [1.29, 1.82) is 0 Å². The molecule has 0 unspecified atom stereocenters. The molecule has 0 radical (unpaired) electrons. The summed E-state index contributed by atoms with van der Waals surface area (Å²) in [6, 6.07) is 16.9. The Labute approximate surface area is 186 Å². The third-order valence-corrected chi connectivity index (χ3v) is 5.84. The van der Waals surface area contributed by atoms with Gasteiger partial charge in [0.2, 0.25) is 0 Å². The molecule has 0 atom stereocenters. The van der Waals surface area contributed by atoms with Crippen molar-refractivity contribution in [2.24, 2.45) is 0 Å². The second-order valence-electron chi connectivity index (χ2n) is 7.20. The van der Waals surface area contributed by atoms with E-state index < -0.39 is 0 Å². The van der Waals surface area contributed by atoms with Gasteiger partial charge in [-0.2, -0.15) is 0 Å². The van der Waals surface area contributed by atoms with E-state index in [0.717, 1.165) is 60.4 Å². The zero-order chi connectivity index (χ0) is 21.5. The Kier molecular flexibility index (Phi) is 7.14. The van der Waals surface area contributed by atoms with Gasteiger partial charge in [-0.25, -0.2) is 9.78 Å². The number of aromatic nitrogens is 1. The van der Waals surface area contributed by atoms with Gasteiger partial charge in [-0.3, -0.25) is 10.2 Å². The summed E-state index contributed by atoms with van der Waals surface area (Å²) in [5, 5.41) is 6.17. The predicted molar refractivity (Wildman–Crippen MR) is 124 cm³/mol. The maximum Gasteiger partial charge on any atom is 0.325 e. The fourth-order valence-electron chi connectivity index (χ4n) is 3.33. The summed E-state index contributed by atoms with van der Waals surface area (Å²) in [6.45, 7) is 7.07. The lowest BCUT2D eigenvalue weighted by molar-refractivity contribution is 0.0322. The maximum atomic E-state index is 12.2. The molecule has 1 aliphatic rings. The first-order valence-electron chi connectivity index (χ1n) is 10.3. The first-order valence-corrected chi connectivity index (χ1v) is 11.1. The van der Waals surface area contributed by atoms with Crippen LogP contribution in [0.1, 0.15) is 4.88 Å². The van der Waals surface area contributed by atoms with Crippen molar-refractivity contribution in [2.75, 3.05) is 50.1 Å². The number of ether oxygens (including phenoxy) is 2. The number of amides is 2. The molecule has 162 valence electrons. The molecule has 1 aromatic heterocycles. The van der Waals surface area contributed by atoms with Crippen LogP contribution in [0.3, 0.4) is 0 Å². The van der Waals surface area contributed by atoms with E-state index in [2.05, 4.69) is 20.5 Å². The number of morpholine rings is 1. The van der Waals surface area contributed by atoms with Crippen LogP contribution in [0.15, 0.2) is 54.6 Å². The Morgan fingerprint density at radius 1 is 1.10 bits per heavy atom. The summed E-state index contributed by atoms with van der Waals surface area (Å²) in [4.78, 5) is 20.2. The predicted octanol–water partition coefficient (Wildman–Crippen LogP) is 4.47. The normalized spacial score (nSPS) is 14.2. The molecule has 2 N–H and O–H groups in total. The molecule has 2 amide bonds. The second kappa shape index (κ2) is 10.4. The van der Waals surface area contributed by atoms with Crippen LogP contribution in [0.2, 0.25) is 0 Å². The molecule has 31 heavy (non-hydrogen) atoms. The van der Waals surface area contributed by atoms with E-state index in [4.69, 9.17) is 9.47 Å². The van der Waals surface area contributed by atoms with Gasteiger partial charge < -0.3 is 14.8 Å². The quantitative estimate of drug-likeness (QED) is 0.569. The van der Waals surface area contributed by atoms with Gasteiger partial charge in [0.25, 0.3) is 0 Å². The van der Waals surface area contributed by atoms with Crippen LogP contribution in [0.25, 0.3) is 11.3 Å². The van der Waals surface area contributed by atoms with E-state index in [1.807, 2.05) is 61.5 Å².